The Morgan fingerprint density at radius 3 is 2.48 bits per heavy atom. The Labute approximate surface area is 166 Å². The molecule has 152 valence electrons. The van der Waals surface area contributed by atoms with E-state index in [9.17, 15) is 20.1 Å². The first-order valence-electron chi connectivity index (χ1n) is 9.34. The van der Waals surface area contributed by atoms with Gasteiger partial charge in [-0.2, -0.15) is 0 Å². The third kappa shape index (κ3) is 3.12. The van der Waals surface area contributed by atoms with E-state index in [1.54, 1.807) is 32.9 Å². The molecule has 1 aliphatic rings. The summed E-state index contributed by atoms with van der Waals surface area (Å²) in [4.78, 5) is 12.8. The summed E-state index contributed by atoms with van der Waals surface area (Å²) in [7, 11) is 0. The third-order valence-corrected chi connectivity index (χ3v) is 5.14. The molecule has 0 radical (unpaired) electrons. The van der Waals surface area contributed by atoms with Crippen molar-refractivity contribution in [2.24, 2.45) is 0 Å². The molecule has 1 aliphatic heterocycles. The van der Waals surface area contributed by atoms with E-state index in [-0.39, 0.29) is 34.0 Å². The first-order chi connectivity index (χ1) is 13.7. The Morgan fingerprint density at radius 2 is 1.83 bits per heavy atom. The van der Waals surface area contributed by atoms with E-state index in [4.69, 9.17) is 13.9 Å². The normalized spacial score (nSPS) is 20.3. The van der Waals surface area contributed by atoms with Crippen molar-refractivity contribution in [3.8, 4) is 28.6 Å². The molecule has 2 atom stereocenters. The van der Waals surface area contributed by atoms with Gasteiger partial charge in [-0.3, -0.25) is 4.79 Å². The van der Waals surface area contributed by atoms with E-state index in [1.807, 2.05) is 0 Å². The van der Waals surface area contributed by atoms with Crippen molar-refractivity contribution in [3.05, 3.63) is 52.2 Å². The number of ether oxygens (including phenoxy) is 2. The van der Waals surface area contributed by atoms with Crippen LogP contribution < -0.4 is 10.2 Å². The average Bonchev–Trinajstić information content (AvgIpc) is 2.65. The summed E-state index contributed by atoms with van der Waals surface area (Å²) >= 11 is 0. The van der Waals surface area contributed by atoms with E-state index in [2.05, 4.69) is 0 Å². The molecular formula is C22H22O7. The van der Waals surface area contributed by atoms with Crippen LogP contribution in [0.25, 0.3) is 22.3 Å². The summed E-state index contributed by atoms with van der Waals surface area (Å²) in [5, 5.41) is 30.8. The monoisotopic (exact) mass is 398 g/mol. The van der Waals surface area contributed by atoms with Crippen molar-refractivity contribution in [1.29, 1.82) is 0 Å². The maximum atomic E-state index is 12.8. The smallest absolute Gasteiger partial charge is 0.197 e. The number of hydrogen-bond donors (Lipinski definition) is 3. The van der Waals surface area contributed by atoms with Crippen molar-refractivity contribution >= 4 is 11.0 Å². The first kappa shape index (κ1) is 19.3. The summed E-state index contributed by atoms with van der Waals surface area (Å²) < 4.78 is 17.7. The summed E-state index contributed by atoms with van der Waals surface area (Å²) in [5.74, 6) is 0.355. The van der Waals surface area contributed by atoms with Crippen molar-refractivity contribution in [3.63, 3.8) is 0 Å². The van der Waals surface area contributed by atoms with Gasteiger partial charge in [-0.25, -0.2) is 0 Å². The van der Waals surface area contributed by atoms with Gasteiger partial charge in [-0.15, -0.1) is 0 Å². The fourth-order valence-electron chi connectivity index (χ4n) is 3.65. The minimum Gasteiger partial charge on any atom is -0.508 e. The summed E-state index contributed by atoms with van der Waals surface area (Å²) in [6.07, 6.45) is -1.83. The number of hydrogen-bond acceptors (Lipinski definition) is 7. The molecule has 0 saturated carbocycles. The molecule has 2 aromatic carbocycles. The van der Waals surface area contributed by atoms with Gasteiger partial charge < -0.3 is 29.2 Å². The number of phenols is 2. The minimum absolute atomic E-state index is 0.00788. The predicted octanol–water partition coefficient (Wildman–Crippen LogP) is 3.48. The Morgan fingerprint density at radius 1 is 1.14 bits per heavy atom. The SMILES string of the molecule is CCO[C@H]1c2c(cc(O)c3c(=O)cc(-c4ccc(O)cc4)oc23)OC(C)(C)[C@H]1O. The molecule has 4 rings (SSSR count). The van der Waals surface area contributed by atoms with Crippen molar-refractivity contribution in [2.45, 2.75) is 38.6 Å². The average molecular weight is 398 g/mol. The molecule has 7 heteroatoms. The quantitative estimate of drug-likeness (QED) is 0.620. The van der Waals surface area contributed by atoms with Gasteiger partial charge in [0.05, 0.1) is 5.56 Å². The molecule has 7 nitrogen and oxygen atoms in total. The van der Waals surface area contributed by atoms with Crippen LogP contribution in [0.5, 0.6) is 17.2 Å². The van der Waals surface area contributed by atoms with Crippen LogP contribution in [0.3, 0.4) is 0 Å². The lowest BCUT2D eigenvalue weighted by Gasteiger charge is -2.41. The van der Waals surface area contributed by atoms with Crippen LogP contribution >= 0.6 is 0 Å². The van der Waals surface area contributed by atoms with Gasteiger partial charge >= 0.3 is 0 Å². The highest BCUT2D eigenvalue weighted by atomic mass is 16.5. The molecule has 2 heterocycles. The number of fused-ring (bicyclic) bond motifs is 3. The molecule has 0 spiro atoms. The number of aliphatic hydroxyl groups excluding tert-OH is 1. The van der Waals surface area contributed by atoms with Crippen molar-refractivity contribution in [2.75, 3.05) is 6.61 Å². The summed E-state index contributed by atoms with van der Waals surface area (Å²) in [6.45, 7) is 5.56. The van der Waals surface area contributed by atoms with Crippen LogP contribution in [0.15, 0.2) is 45.6 Å². The fourth-order valence-corrected chi connectivity index (χ4v) is 3.65. The molecule has 0 saturated heterocycles. The maximum absolute atomic E-state index is 12.8. The van der Waals surface area contributed by atoms with Gasteiger partial charge in [0, 0.05) is 24.3 Å². The molecule has 0 fully saturated rings. The summed E-state index contributed by atoms with van der Waals surface area (Å²) in [5.41, 5.74) is -0.358. The molecule has 3 aromatic rings. The lowest BCUT2D eigenvalue weighted by atomic mass is 9.87. The Balaban J connectivity index is 2.04. The van der Waals surface area contributed by atoms with Gasteiger partial charge in [0.1, 0.15) is 46.2 Å². The second-order valence-electron chi connectivity index (χ2n) is 7.56. The van der Waals surface area contributed by atoms with Gasteiger partial charge in [-0.05, 0) is 45.0 Å². The van der Waals surface area contributed by atoms with E-state index in [1.165, 1.54) is 24.3 Å². The van der Waals surface area contributed by atoms with E-state index in [0.717, 1.165) is 0 Å². The summed E-state index contributed by atoms with van der Waals surface area (Å²) in [6, 6.07) is 8.83. The Bertz CT molecular complexity index is 1130. The Kier molecular flexibility index (Phi) is 4.52. The van der Waals surface area contributed by atoms with Crippen LogP contribution in [-0.2, 0) is 4.74 Å². The number of phenolic OH excluding ortho intramolecular Hbond substituents is 2. The lowest BCUT2D eigenvalue weighted by molar-refractivity contribution is -0.132. The van der Waals surface area contributed by atoms with Crippen LogP contribution in [0.2, 0.25) is 0 Å². The number of rotatable bonds is 3. The minimum atomic E-state index is -1.02. The highest BCUT2D eigenvalue weighted by molar-refractivity contribution is 5.90. The van der Waals surface area contributed by atoms with E-state index < -0.39 is 23.2 Å². The van der Waals surface area contributed by atoms with E-state index >= 15 is 0 Å². The molecule has 1 aromatic heterocycles. The topological polar surface area (TPSA) is 109 Å². The van der Waals surface area contributed by atoms with E-state index in [0.29, 0.717) is 17.7 Å². The molecule has 0 bridgehead atoms. The van der Waals surface area contributed by atoms with Gasteiger partial charge in [0.25, 0.3) is 0 Å². The third-order valence-electron chi connectivity index (χ3n) is 5.14. The first-order valence-corrected chi connectivity index (χ1v) is 9.34. The Hall–Kier alpha value is -3.03. The zero-order valence-electron chi connectivity index (χ0n) is 16.3. The largest absolute Gasteiger partial charge is 0.508 e. The predicted molar refractivity (Wildman–Crippen MR) is 106 cm³/mol. The highest BCUT2D eigenvalue weighted by Crippen LogP contribution is 2.47. The number of aromatic hydroxyl groups is 2. The molecule has 0 unspecified atom stereocenters. The van der Waals surface area contributed by atoms with Crippen molar-refractivity contribution < 1.29 is 29.2 Å². The van der Waals surface area contributed by atoms with Crippen LogP contribution in [0.1, 0.15) is 32.4 Å². The number of benzene rings is 2. The van der Waals surface area contributed by atoms with Crippen molar-refractivity contribution in [1.82, 2.24) is 0 Å². The molecule has 3 N–H and O–H groups in total. The number of aliphatic hydroxyl groups is 1. The zero-order chi connectivity index (χ0) is 20.9. The second kappa shape index (κ2) is 6.79. The second-order valence-corrected chi connectivity index (χ2v) is 7.56. The van der Waals surface area contributed by atoms with Crippen LogP contribution in [-0.4, -0.2) is 33.6 Å². The highest BCUT2D eigenvalue weighted by Gasteiger charge is 2.45. The van der Waals surface area contributed by atoms with Crippen LogP contribution in [0, 0.1) is 0 Å². The fraction of sp³-hybridized carbons (Fsp3) is 0.318. The van der Waals surface area contributed by atoms with Crippen LogP contribution in [0.4, 0.5) is 0 Å². The molecule has 0 aliphatic carbocycles. The molecule has 0 amide bonds. The molecule has 29 heavy (non-hydrogen) atoms. The molecular weight excluding hydrogens is 376 g/mol. The maximum Gasteiger partial charge on any atom is 0.197 e. The lowest BCUT2D eigenvalue weighted by Crippen LogP contribution is -2.49. The standard InChI is InChI=1S/C22H22O7/c1-4-27-20-18-16(29-22(2,3)21(20)26)10-14(25)17-13(24)9-15(28-19(17)18)11-5-7-12(23)8-6-11/h5-10,20-21,23,25-26H,4H2,1-3H3/t20-,21-/m0/s1. The van der Waals surface area contributed by atoms with Gasteiger partial charge in [-0.1, -0.05) is 0 Å². The zero-order valence-corrected chi connectivity index (χ0v) is 16.3. The van der Waals surface area contributed by atoms with Gasteiger partial charge in [0.2, 0.25) is 0 Å². The van der Waals surface area contributed by atoms with Gasteiger partial charge in [0.15, 0.2) is 11.0 Å².